The minimum atomic E-state index is -5.13. The molecule has 12 heteroatoms. The number of aliphatic hydroxyl groups excluding tert-OH is 2. The zero-order valence-electron chi connectivity index (χ0n) is 11.5. The number of likely N-dealkylation sites (N-methyl/N-ethyl adjacent to an activating group) is 1. The van der Waals surface area contributed by atoms with E-state index in [4.69, 9.17) is 10.2 Å². The van der Waals surface area contributed by atoms with E-state index in [1.165, 1.54) is 0 Å². The van der Waals surface area contributed by atoms with Crippen molar-refractivity contribution in [3.05, 3.63) is 0 Å². The maximum atomic E-state index is 11.4. The van der Waals surface area contributed by atoms with Crippen LogP contribution in [0.4, 0.5) is 0 Å². The molecule has 0 spiro atoms. The average Bonchev–Trinajstić information content (AvgIpc) is 2.22. The summed E-state index contributed by atoms with van der Waals surface area (Å²) < 4.78 is 35.5. The van der Waals surface area contributed by atoms with Gasteiger partial charge in [0.1, 0.15) is 19.3 Å². The summed E-state index contributed by atoms with van der Waals surface area (Å²) in [6.07, 6.45) is -1.45. The highest BCUT2D eigenvalue weighted by molar-refractivity contribution is 7.60. The van der Waals surface area contributed by atoms with Crippen LogP contribution in [0.25, 0.3) is 0 Å². The Bertz CT molecular complexity index is 383. The lowest BCUT2D eigenvalue weighted by Crippen LogP contribution is -2.37. The SMILES string of the molecule is C[N+](C)(C)CCOP(=O)(O)OP(=O)([O-])OCC(O)CO. The van der Waals surface area contributed by atoms with Crippen molar-refractivity contribution >= 4 is 15.6 Å². The second kappa shape index (κ2) is 7.95. The first-order chi connectivity index (χ1) is 8.87. The van der Waals surface area contributed by atoms with E-state index in [-0.39, 0.29) is 6.61 Å². The molecule has 0 aromatic carbocycles. The molecule has 0 rings (SSSR count). The third-order valence-electron chi connectivity index (χ3n) is 1.86. The second-order valence-corrected chi connectivity index (χ2v) is 7.98. The lowest BCUT2D eigenvalue weighted by atomic mass is 10.4. The summed E-state index contributed by atoms with van der Waals surface area (Å²) in [7, 11) is -4.52. The molecule has 0 aliphatic heterocycles. The van der Waals surface area contributed by atoms with Crippen molar-refractivity contribution < 1.29 is 47.0 Å². The topological polar surface area (TPSA) is 146 Å². The van der Waals surface area contributed by atoms with Crippen LogP contribution in [0.3, 0.4) is 0 Å². The van der Waals surface area contributed by atoms with E-state index in [1.54, 1.807) is 0 Å². The quantitative estimate of drug-likeness (QED) is 0.326. The van der Waals surface area contributed by atoms with Gasteiger partial charge in [-0.2, -0.15) is 0 Å². The van der Waals surface area contributed by atoms with E-state index in [0.717, 1.165) is 0 Å². The molecule has 3 atom stereocenters. The standard InChI is InChI=1S/C8H21NO9P2/c1-9(2,3)4-5-16-19(12,13)18-20(14,15)17-7-8(11)6-10/h8,10-11H,4-7H2,1-3H3,(H-,12,13,14,15). The van der Waals surface area contributed by atoms with Gasteiger partial charge in [0, 0.05) is 0 Å². The van der Waals surface area contributed by atoms with Crippen LogP contribution in [-0.4, -0.2) is 73.2 Å². The van der Waals surface area contributed by atoms with E-state index < -0.39 is 35.0 Å². The van der Waals surface area contributed by atoms with Crippen LogP contribution >= 0.6 is 15.6 Å². The molecule has 0 saturated carbocycles. The van der Waals surface area contributed by atoms with Crippen molar-refractivity contribution in [1.29, 1.82) is 0 Å². The van der Waals surface area contributed by atoms with Crippen molar-refractivity contribution in [2.24, 2.45) is 0 Å². The monoisotopic (exact) mass is 337 g/mol. The van der Waals surface area contributed by atoms with Gasteiger partial charge in [0.05, 0.1) is 34.4 Å². The second-order valence-electron chi connectivity index (χ2n) is 4.98. The number of phosphoric ester groups is 2. The number of quaternary nitrogens is 1. The highest BCUT2D eigenvalue weighted by Gasteiger charge is 2.29. The van der Waals surface area contributed by atoms with Gasteiger partial charge >= 0.3 is 7.82 Å². The maximum absolute atomic E-state index is 11.4. The Morgan fingerprint density at radius 1 is 1.25 bits per heavy atom. The Morgan fingerprint density at radius 2 is 1.80 bits per heavy atom. The van der Waals surface area contributed by atoms with Gasteiger partial charge in [-0.05, 0) is 0 Å². The van der Waals surface area contributed by atoms with E-state index >= 15 is 0 Å². The van der Waals surface area contributed by atoms with E-state index in [9.17, 15) is 18.9 Å². The van der Waals surface area contributed by atoms with Crippen molar-refractivity contribution in [3.8, 4) is 0 Å². The number of hydrogen-bond acceptors (Lipinski definition) is 8. The fourth-order valence-corrected chi connectivity index (χ4v) is 2.89. The van der Waals surface area contributed by atoms with Gasteiger partial charge < -0.3 is 29.0 Å². The molecule has 0 bridgehead atoms. The van der Waals surface area contributed by atoms with Crippen LogP contribution in [0.1, 0.15) is 0 Å². The first-order valence-corrected chi connectivity index (χ1v) is 8.56. The summed E-state index contributed by atoms with van der Waals surface area (Å²) in [5.41, 5.74) is 0. The zero-order valence-corrected chi connectivity index (χ0v) is 13.3. The van der Waals surface area contributed by atoms with Gasteiger partial charge in [0.15, 0.2) is 0 Å². The fourth-order valence-electron chi connectivity index (χ4n) is 0.834. The largest absolute Gasteiger partial charge is 0.756 e. The van der Waals surface area contributed by atoms with E-state index in [1.807, 2.05) is 21.1 Å². The highest BCUT2D eigenvalue weighted by atomic mass is 31.3. The summed E-state index contributed by atoms with van der Waals surface area (Å²) in [5.74, 6) is 0. The predicted octanol–water partition coefficient (Wildman–Crippen LogP) is -1.34. The van der Waals surface area contributed by atoms with Gasteiger partial charge in [-0.3, -0.25) is 9.09 Å². The van der Waals surface area contributed by atoms with Crippen molar-refractivity contribution in [2.75, 3.05) is 47.5 Å². The molecular formula is C8H21NO9P2. The van der Waals surface area contributed by atoms with Crippen molar-refractivity contribution in [3.63, 3.8) is 0 Å². The summed E-state index contributed by atoms with van der Waals surface area (Å²) in [5, 5.41) is 17.4. The third kappa shape index (κ3) is 10.9. The molecule has 10 nitrogen and oxygen atoms in total. The molecule has 3 N–H and O–H groups in total. The van der Waals surface area contributed by atoms with Crippen LogP contribution in [0.15, 0.2) is 0 Å². The Morgan fingerprint density at radius 3 is 2.25 bits per heavy atom. The minimum Gasteiger partial charge on any atom is -0.756 e. The number of nitrogens with zero attached hydrogens (tertiary/aromatic N) is 1. The van der Waals surface area contributed by atoms with E-state index in [2.05, 4.69) is 13.4 Å². The Hall–Kier alpha value is 0.140. The Labute approximate surface area is 117 Å². The molecule has 0 aromatic rings. The van der Waals surface area contributed by atoms with Gasteiger partial charge in [-0.15, -0.1) is 0 Å². The molecule has 0 fully saturated rings. The number of hydrogen-bond donors (Lipinski definition) is 3. The molecule has 0 radical (unpaired) electrons. The molecule has 0 aliphatic carbocycles. The Kier molecular flexibility index (Phi) is 8.01. The number of aliphatic hydroxyl groups is 2. The van der Waals surface area contributed by atoms with Gasteiger partial charge in [-0.1, -0.05) is 0 Å². The summed E-state index contributed by atoms with van der Waals surface area (Å²) in [4.78, 5) is 20.4. The lowest BCUT2D eigenvalue weighted by molar-refractivity contribution is -0.870. The van der Waals surface area contributed by atoms with Crippen LogP contribution in [0.2, 0.25) is 0 Å². The molecule has 0 aliphatic rings. The van der Waals surface area contributed by atoms with Crippen molar-refractivity contribution in [2.45, 2.75) is 6.10 Å². The molecule has 3 unspecified atom stereocenters. The first kappa shape index (κ1) is 20.1. The first-order valence-electron chi connectivity index (χ1n) is 5.60. The molecule has 0 heterocycles. The van der Waals surface area contributed by atoms with Crippen LogP contribution in [0.5, 0.6) is 0 Å². The average molecular weight is 337 g/mol. The number of phosphoric acid groups is 2. The molecule has 20 heavy (non-hydrogen) atoms. The lowest BCUT2D eigenvalue weighted by Gasteiger charge is -2.26. The third-order valence-corrected chi connectivity index (χ3v) is 4.46. The number of rotatable bonds is 10. The Balaban J connectivity index is 4.29. The highest BCUT2D eigenvalue weighted by Crippen LogP contribution is 2.58. The summed E-state index contributed by atoms with van der Waals surface area (Å²) in [6.45, 7) is -1.37. The fraction of sp³-hybridized carbons (Fsp3) is 1.00. The maximum Gasteiger partial charge on any atom is 0.478 e. The molecule has 0 saturated heterocycles. The van der Waals surface area contributed by atoms with Gasteiger partial charge in [0.25, 0.3) is 7.82 Å². The molecule has 122 valence electrons. The minimum absolute atomic E-state index is 0.198. The van der Waals surface area contributed by atoms with Gasteiger partial charge in [-0.25, -0.2) is 8.88 Å². The van der Waals surface area contributed by atoms with Crippen molar-refractivity contribution in [1.82, 2.24) is 0 Å². The summed E-state index contributed by atoms with van der Waals surface area (Å²) >= 11 is 0. The summed E-state index contributed by atoms with van der Waals surface area (Å²) in [6, 6.07) is 0. The van der Waals surface area contributed by atoms with Gasteiger partial charge in [0.2, 0.25) is 0 Å². The van der Waals surface area contributed by atoms with E-state index in [0.29, 0.717) is 11.0 Å². The zero-order chi connectivity index (χ0) is 16.0. The van der Waals surface area contributed by atoms with Crippen LogP contribution < -0.4 is 4.89 Å². The molecular weight excluding hydrogens is 316 g/mol. The van der Waals surface area contributed by atoms with Crippen LogP contribution in [0, 0.1) is 0 Å². The smallest absolute Gasteiger partial charge is 0.478 e. The molecule has 0 aromatic heterocycles. The predicted molar refractivity (Wildman–Crippen MR) is 66.4 cm³/mol. The normalized spacial score (nSPS) is 20.1. The van der Waals surface area contributed by atoms with Crippen LogP contribution in [-0.2, 0) is 22.5 Å². The molecule has 0 amide bonds.